The third-order valence-corrected chi connectivity index (χ3v) is 5.57. The van der Waals surface area contributed by atoms with Gasteiger partial charge in [0, 0.05) is 0 Å². The van der Waals surface area contributed by atoms with Gasteiger partial charge in [0.1, 0.15) is 0 Å². The average Bonchev–Trinajstić information content (AvgIpc) is 3.04. The fourth-order valence-corrected chi connectivity index (χ4v) is 4.19. The Kier molecular flexibility index (Phi) is 2.55. The molecule has 20 heavy (non-hydrogen) atoms. The minimum atomic E-state index is 0.707. The van der Waals surface area contributed by atoms with Crippen LogP contribution in [0.2, 0.25) is 0 Å². The summed E-state index contributed by atoms with van der Waals surface area (Å²) in [7, 11) is 0. The summed E-state index contributed by atoms with van der Waals surface area (Å²) in [5, 5.41) is 0. The first-order valence-corrected chi connectivity index (χ1v) is 8.12. The molecule has 0 atom stereocenters. The quantitative estimate of drug-likeness (QED) is 0.604. The van der Waals surface area contributed by atoms with Gasteiger partial charge < -0.3 is 0 Å². The standard InChI is InChI=1S/C20H24/c1-11(2)13-5-15-9-20-18-8-14(12(3)4)6-16(18)10-19(20)17(15)7-13/h5-6,11-12H,7-10H2,1-4H3. The lowest BCUT2D eigenvalue weighted by molar-refractivity contribution is 0.743. The molecule has 0 aliphatic heterocycles. The van der Waals surface area contributed by atoms with Gasteiger partial charge in [0.2, 0.25) is 0 Å². The fraction of sp³-hybridized carbons (Fsp3) is 0.500. The van der Waals surface area contributed by atoms with E-state index in [9.17, 15) is 0 Å². The Morgan fingerprint density at radius 1 is 0.600 bits per heavy atom. The van der Waals surface area contributed by atoms with Gasteiger partial charge in [0.25, 0.3) is 0 Å². The Balaban J connectivity index is 1.56. The normalized spacial score (nSPS) is 24.1. The van der Waals surface area contributed by atoms with E-state index in [1.807, 2.05) is 0 Å². The minimum Gasteiger partial charge on any atom is -0.0630 e. The third-order valence-electron chi connectivity index (χ3n) is 5.57. The van der Waals surface area contributed by atoms with Crippen molar-refractivity contribution in [2.45, 2.75) is 53.4 Å². The van der Waals surface area contributed by atoms with E-state index < -0.39 is 0 Å². The van der Waals surface area contributed by atoms with Crippen molar-refractivity contribution in [1.29, 1.82) is 0 Å². The van der Waals surface area contributed by atoms with E-state index in [0.717, 1.165) is 0 Å². The molecule has 0 amide bonds. The lowest BCUT2D eigenvalue weighted by Crippen LogP contribution is -1.96. The van der Waals surface area contributed by atoms with Gasteiger partial charge >= 0.3 is 0 Å². The van der Waals surface area contributed by atoms with E-state index in [4.69, 9.17) is 0 Å². The lowest BCUT2D eigenvalue weighted by atomic mass is 9.92. The molecule has 0 saturated carbocycles. The van der Waals surface area contributed by atoms with Crippen LogP contribution in [0.5, 0.6) is 0 Å². The van der Waals surface area contributed by atoms with Gasteiger partial charge in [0.15, 0.2) is 0 Å². The van der Waals surface area contributed by atoms with Gasteiger partial charge in [-0.1, -0.05) is 51.0 Å². The van der Waals surface area contributed by atoms with Crippen LogP contribution in [0.4, 0.5) is 0 Å². The van der Waals surface area contributed by atoms with Crippen LogP contribution in [-0.4, -0.2) is 0 Å². The number of hydrogen-bond donors (Lipinski definition) is 0. The van der Waals surface area contributed by atoms with Gasteiger partial charge in [0.05, 0.1) is 0 Å². The van der Waals surface area contributed by atoms with Crippen LogP contribution >= 0.6 is 0 Å². The molecular formula is C20H24. The van der Waals surface area contributed by atoms with Gasteiger partial charge in [-0.2, -0.15) is 0 Å². The summed E-state index contributed by atoms with van der Waals surface area (Å²) in [6.45, 7) is 9.31. The largest absolute Gasteiger partial charge is 0.0630 e. The van der Waals surface area contributed by atoms with E-state index in [2.05, 4.69) is 39.8 Å². The molecule has 0 bridgehead atoms. The topological polar surface area (TPSA) is 0 Å². The lowest BCUT2D eigenvalue weighted by Gasteiger charge is -2.12. The molecule has 0 heteroatoms. The van der Waals surface area contributed by atoms with Gasteiger partial charge in [-0.25, -0.2) is 0 Å². The van der Waals surface area contributed by atoms with Crippen molar-refractivity contribution >= 4 is 0 Å². The van der Waals surface area contributed by atoms with Gasteiger partial charge in [-0.3, -0.25) is 0 Å². The van der Waals surface area contributed by atoms with Crippen LogP contribution in [0.1, 0.15) is 53.4 Å². The number of fused-ring (bicyclic) bond motifs is 2. The summed E-state index contributed by atoms with van der Waals surface area (Å²) >= 11 is 0. The Labute approximate surface area is 122 Å². The predicted octanol–water partition coefficient (Wildman–Crippen LogP) is 5.66. The van der Waals surface area contributed by atoms with Crippen molar-refractivity contribution in [1.82, 2.24) is 0 Å². The molecule has 0 aromatic rings. The third kappa shape index (κ3) is 1.60. The maximum atomic E-state index is 2.50. The van der Waals surface area contributed by atoms with Crippen molar-refractivity contribution in [3.8, 4) is 0 Å². The van der Waals surface area contributed by atoms with Crippen molar-refractivity contribution in [3.05, 3.63) is 56.7 Å². The maximum Gasteiger partial charge on any atom is -0.00169 e. The number of rotatable bonds is 2. The SMILES string of the molecule is CC(C)C1=CC2=C(C1)C1=C(C2)C2=C(C=C(C(C)C)C2)C1. The van der Waals surface area contributed by atoms with E-state index >= 15 is 0 Å². The second-order valence-corrected chi connectivity index (χ2v) is 7.42. The summed E-state index contributed by atoms with van der Waals surface area (Å²) in [6.07, 6.45) is 9.91. The molecule has 4 aliphatic rings. The molecule has 4 aliphatic carbocycles. The fourth-order valence-electron chi connectivity index (χ4n) is 4.19. The van der Waals surface area contributed by atoms with Crippen molar-refractivity contribution in [2.75, 3.05) is 0 Å². The highest BCUT2D eigenvalue weighted by atomic mass is 14.4. The zero-order valence-electron chi connectivity index (χ0n) is 13.1. The van der Waals surface area contributed by atoms with Crippen LogP contribution in [-0.2, 0) is 0 Å². The zero-order valence-corrected chi connectivity index (χ0v) is 13.1. The molecule has 0 nitrogen and oxygen atoms in total. The molecule has 0 N–H and O–H groups in total. The van der Waals surface area contributed by atoms with E-state index in [-0.39, 0.29) is 0 Å². The Morgan fingerprint density at radius 3 is 1.35 bits per heavy atom. The van der Waals surface area contributed by atoms with Crippen LogP contribution in [0.25, 0.3) is 0 Å². The minimum absolute atomic E-state index is 0.707. The molecule has 0 saturated heterocycles. The Morgan fingerprint density at radius 2 is 1.00 bits per heavy atom. The smallest absolute Gasteiger partial charge is 0.00169 e. The molecular weight excluding hydrogens is 240 g/mol. The summed E-state index contributed by atoms with van der Waals surface area (Å²) in [4.78, 5) is 0. The molecule has 0 unspecified atom stereocenters. The highest BCUT2D eigenvalue weighted by molar-refractivity contribution is 5.70. The van der Waals surface area contributed by atoms with Crippen LogP contribution in [0.3, 0.4) is 0 Å². The molecule has 0 aromatic heterocycles. The Bertz CT molecular complexity index is 596. The molecule has 0 fully saturated rings. The molecule has 0 radical (unpaired) electrons. The van der Waals surface area contributed by atoms with Crippen molar-refractivity contribution in [2.24, 2.45) is 11.8 Å². The number of allylic oxidation sites excluding steroid dienone is 10. The molecule has 104 valence electrons. The molecule has 4 rings (SSSR count). The zero-order chi connectivity index (χ0) is 14.0. The first-order chi connectivity index (χ1) is 9.54. The molecule has 0 heterocycles. The van der Waals surface area contributed by atoms with E-state index in [0.29, 0.717) is 11.8 Å². The maximum absolute atomic E-state index is 2.50. The number of hydrogen-bond acceptors (Lipinski definition) is 0. The van der Waals surface area contributed by atoms with Crippen molar-refractivity contribution in [3.63, 3.8) is 0 Å². The van der Waals surface area contributed by atoms with Crippen molar-refractivity contribution < 1.29 is 0 Å². The van der Waals surface area contributed by atoms with Crippen LogP contribution in [0, 0.1) is 11.8 Å². The van der Waals surface area contributed by atoms with E-state index in [1.165, 1.54) is 25.7 Å². The first kappa shape index (κ1) is 12.4. The van der Waals surface area contributed by atoms with Gasteiger partial charge in [-0.05, 0) is 71.0 Å². The highest BCUT2D eigenvalue weighted by Gasteiger charge is 2.36. The molecule has 0 spiro atoms. The highest BCUT2D eigenvalue weighted by Crippen LogP contribution is 2.54. The second-order valence-electron chi connectivity index (χ2n) is 7.42. The van der Waals surface area contributed by atoms with Crippen LogP contribution in [0.15, 0.2) is 56.7 Å². The van der Waals surface area contributed by atoms with Crippen LogP contribution < -0.4 is 0 Å². The monoisotopic (exact) mass is 264 g/mol. The summed E-state index contributed by atoms with van der Waals surface area (Å²) in [6, 6.07) is 0. The average molecular weight is 264 g/mol. The predicted molar refractivity (Wildman–Crippen MR) is 85.4 cm³/mol. The summed E-state index contributed by atoms with van der Waals surface area (Å²) < 4.78 is 0. The van der Waals surface area contributed by atoms with E-state index in [1.54, 1.807) is 44.6 Å². The second kappa shape index (κ2) is 4.10. The van der Waals surface area contributed by atoms with Gasteiger partial charge in [-0.15, -0.1) is 0 Å². The summed E-state index contributed by atoms with van der Waals surface area (Å²) in [5.74, 6) is 1.41. The Hall–Kier alpha value is -1.30. The summed E-state index contributed by atoms with van der Waals surface area (Å²) in [5.41, 5.74) is 13.4. The molecule has 0 aromatic carbocycles. The first-order valence-electron chi connectivity index (χ1n) is 8.12.